The van der Waals surface area contributed by atoms with Crippen LogP contribution in [0.4, 0.5) is 10.8 Å². The highest BCUT2D eigenvalue weighted by molar-refractivity contribution is 7.22. The second-order valence-electron chi connectivity index (χ2n) is 6.55. The van der Waals surface area contributed by atoms with E-state index in [1.807, 2.05) is 23.1 Å². The van der Waals surface area contributed by atoms with Gasteiger partial charge in [0.2, 0.25) is 5.91 Å². The molecule has 0 aliphatic carbocycles. The summed E-state index contributed by atoms with van der Waals surface area (Å²) in [5.74, 6) is 0.0286. The first kappa shape index (κ1) is 18.6. The Morgan fingerprint density at radius 1 is 1.14 bits per heavy atom. The van der Waals surface area contributed by atoms with Gasteiger partial charge >= 0.3 is 0 Å². The van der Waals surface area contributed by atoms with E-state index in [9.17, 15) is 14.9 Å². The van der Waals surface area contributed by atoms with Crippen LogP contribution < -0.4 is 4.90 Å². The van der Waals surface area contributed by atoms with Crippen molar-refractivity contribution in [3.05, 3.63) is 63.2 Å². The number of hydrogen-bond acceptors (Lipinski definition) is 6. The smallest absolute Gasteiger partial charge is 0.269 e. The third-order valence-electron chi connectivity index (χ3n) is 4.76. The Labute approximate surface area is 170 Å². The van der Waals surface area contributed by atoms with E-state index in [1.54, 1.807) is 23.5 Å². The highest BCUT2D eigenvalue weighted by atomic mass is 35.5. The molecular weight excluding hydrogens is 400 g/mol. The molecule has 28 heavy (non-hydrogen) atoms. The lowest BCUT2D eigenvalue weighted by molar-refractivity contribution is -0.384. The number of para-hydroxylation sites is 1. The summed E-state index contributed by atoms with van der Waals surface area (Å²) in [5, 5.41) is 12.3. The van der Waals surface area contributed by atoms with Crippen molar-refractivity contribution in [2.24, 2.45) is 0 Å². The van der Waals surface area contributed by atoms with E-state index in [4.69, 9.17) is 11.6 Å². The fourth-order valence-corrected chi connectivity index (χ4v) is 4.52. The summed E-state index contributed by atoms with van der Waals surface area (Å²) < 4.78 is 1.05. The number of halogens is 1. The number of non-ortho nitro benzene ring substituents is 1. The Morgan fingerprint density at radius 2 is 1.86 bits per heavy atom. The quantitative estimate of drug-likeness (QED) is 0.478. The monoisotopic (exact) mass is 416 g/mol. The molecule has 3 aromatic rings. The van der Waals surface area contributed by atoms with Crippen molar-refractivity contribution in [3.63, 3.8) is 0 Å². The van der Waals surface area contributed by atoms with Gasteiger partial charge in [0.05, 0.1) is 21.1 Å². The fraction of sp³-hybridized carbons (Fsp3) is 0.263. The highest BCUT2D eigenvalue weighted by Gasteiger charge is 2.23. The molecule has 1 amide bonds. The Bertz CT molecular complexity index is 1030. The molecule has 1 aliphatic heterocycles. The normalized spacial score (nSPS) is 14.5. The van der Waals surface area contributed by atoms with Gasteiger partial charge in [-0.15, -0.1) is 0 Å². The Morgan fingerprint density at radius 3 is 2.50 bits per heavy atom. The zero-order valence-corrected chi connectivity index (χ0v) is 16.4. The molecule has 0 atom stereocenters. The van der Waals surface area contributed by atoms with Crippen LogP contribution in [0.5, 0.6) is 0 Å². The molecule has 0 radical (unpaired) electrons. The number of anilines is 1. The van der Waals surface area contributed by atoms with Crippen LogP contribution in [0.15, 0.2) is 42.5 Å². The van der Waals surface area contributed by atoms with E-state index in [1.165, 1.54) is 12.1 Å². The molecule has 144 valence electrons. The van der Waals surface area contributed by atoms with Crippen molar-refractivity contribution in [3.8, 4) is 0 Å². The maximum atomic E-state index is 12.6. The number of carbonyl (C=O) groups excluding carboxylic acids is 1. The number of rotatable bonds is 4. The largest absolute Gasteiger partial charge is 0.345 e. The van der Waals surface area contributed by atoms with E-state index in [0.29, 0.717) is 31.2 Å². The van der Waals surface area contributed by atoms with Crippen LogP contribution in [0.1, 0.15) is 5.56 Å². The zero-order chi connectivity index (χ0) is 19.7. The topological polar surface area (TPSA) is 79.6 Å². The van der Waals surface area contributed by atoms with Crippen LogP contribution >= 0.6 is 22.9 Å². The van der Waals surface area contributed by atoms with Gasteiger partial charge in [0.15, 0.2) is 5.13 Å². The summed E-state index contributed by atoms with van der Waals surface area (Å²) in [7, 11) is 0. The highest BCUT2D eigenvalue weighted by Crippen LogP contribution is 2.33. The van der Waals surface area contributed by atoms with E-state index in [0.717, 1.165) is 20.9 Å². The van der Waals surface area contributed by atoms with Gasteiger partial charge in [-0.05, 0) is 17.7 Å². The van der Waals surface area contributed by atoms with E-state index >= 15 is 0 Å². The van der Waals surface area contributed by atoms with E-state index < -0.39 is 4.92 Å². The molecule has 0 spiro atoms. The van der Waals surface area contributed by atoms with Gasteiger partial charge in [0.1, 0.15) is 5.52 Å². The van der Waals surface area contributed by atoms with E-state index in [2.05, 4.69) is 9.88 Å². The maximum absolute atomic E-state index is 12.6. The molecule has 0 bridgehead atoms. The van der Waals surface area contributed by atoms with Gasteiger partial charge in [0, 0.05) is 38.3 Å². The van der Waals surface area contributed by atoms with Crippen LogP contribution in [0, 0.1) is 10.1 Å². The molecule has 1 aliphatic rings. The molecule has 1 aromatic heterocycles. The predicted octanol–water partition coefficient (Wildman–Crippen LogP) is 3.75. The molecule has 1 fully saturated rings. The van der Waals surface area contributed by atoms with Crippen LogP contribution in [-0.4, -0.2) is 46.9 Å². The molecule has 1 saturated heterocycles. The van der Waals surface area contributed by atoms with Gasteiger partial charge in [-0.2, -0.15) is 0 Å². The average molecular weight is 417 g/mol. The molecule has 2 aromatic carbocycles. The third kappa shape index (κ3) is 3.79. The SMILES string of the molecule is O=C(Cc1ccc([N+](=O)[O-])cc1)N1CCN(c2nc3c(Cl)cccc3s2)CC1. The van der Waals surface area contributed by atoms with Crippen molar-refractivity contribution in [2.45, 2.75) is 6.42 Å². The summed E-state index contributed by atoms with van der Waals surface area (Å²) >= 11 is 7.82. The molecule has 7 nitrogen and oxygen atoms in total. The number of nitro groups is 1. The number of piperazine rings is 1. The van der Waals surface area contributed by atoms with Crippen LogP contribution in [0.25, 0.3) is 10.2 Å². The number of hydrogen-bond donors (Lipinski definition) is 0. The fourth-order valence-electron chi connectivity index (χ4n) is 3.21. The summed E-state index contributed by atoms with van der Waals surface area (Å²) in [5.41, 5.74) is 1.63. The first-order valence-corrected chi connectivity index (χ1v) is 10.0. The zero-order valence-electron chi connectivity index (χ0n) is 14.9. The molecule has 0 N–H and O–H groups in total. The van der Waals surface area contributed by atoms with Crippen molar-refractivity contribution < 1.29 is 9.72 Å². The van der Waals surface area contributed by atoms with Crippen molar-refractivity contribution in [1.82, 2.24) is 9.88 Å². The number of carbonyl (C=O) groups is 1. The number of benzene rings is 2. The van der Waals surface area contributed by atoms with E-state index in [-0.39, 0.29) is 18.0 Å². The van der Waals surface area contributed by atoms with Crippen molar-refractivity contribution in [1.29, 1.82) is 0 Å². The van der Waals surface area contributed by atoms with Gasteiger partial charge in [-0.1, -0.05) is 41.1 Å². The minimum atomic E-state index is -0.444. The van der Waals surface area contributed by atoms with Crippen molar-refractivity contribution in [2.75, 3.05) is 31.1 Å². The second kappa shape index (κ2) is 7.73. The first-order chi connectivity index (χ1) is 13.5. The third-order valence-corrected chi connectivity index (χ3v) is 6.15. The van der Waals surface area contributed by atoms with Crippen LogP contribution in [0.3, 0.4) is 0 Å². The number of thiazole rings is 1. The number of nitrogens with zero attached hydrogens (tertiary/aromatic N) is 4. The lowest BCUT2D eigenvalue weighted by atomic mass is 10.1. The molecule has 0 saturated carbocycles. The number of aromatic nitrogens is 1. The Hall–Kier alpha value is -2.71. The van der Waals surface area contributed by atoms with Gasteiger partial charge in [-0.3, -0.25) is 14.9 Å². The molecule has 2 heterocycles. The average Bonchev–Trinajstić information content (AvgIpc) is 3.14. The van der Waals surface area contributed by atoms with Crippen molar-refractivity contribution >= 4 is 49.9 Å². The Kier molecular flexibility index (Phi) is 5.15. The lowest BCUT2D eigenvalue weighted by Crippen LogP contribution is -2.49. The first-order valence-electron chi connectivity index (χ1n) is 8.82. The predicted molar refractivity (Wildman–Crippen MR) is 110 cm³/mol. The number of fused-ring (bicyclic) bond motifs is 1. The summed E-state index contributed by atoms with van der Waals surface area (Å²) in [6, 6.07) is 11.9. The van der Waals surface area contributed by atoms with Gasteiger partial charge in [-0.25, -0.2) is 4.98 Å². The number of nitro benzene ring substituents is 1. The molecule has 9 heteroatoms. The maximum Gasteiger partial charge on any atom is 0.269 e. The molecular formula is C19H17ClN4O3S. The second-order valence-corrected chi connectivity index (χ2v) is 7.97. The van der Waals surface area contributed by atoms with Gasteiger partial charge < -0.3 is 9.80 Å². The van der Waals surface area contributed by atoms with Crippen LogP contribution in [0.2, 0.25) is 5.02 Å². The van der Waals surface area contributed by atoms with Crippen LogP contribution in [-0.2, 0) is 11.2 Å². The lowest BCUT2D eigenvalue weighted by Gasteiger charge is -2.34. The summed E-state index contributed by atoms with van der Waals surface area (Å²) in [6.45, 7) is 2.66. The Balaban J connectivity index is 1.37. The minimum absolute atomic E-state index is 0.0285. The standard InChI is InChI=1S/C19H17ClN4O3S/c20-15-2-1-3-16-18(15)21-19(28-16)23-10-8-22(9-11-23)17(25)12-13-4-6-14(7-5-13)24(26)27/h1-7H,8-12H2. The summed E-state index contributed by atoms with van der Waals surface area (Å²) in [4.78, 5) is 31.5. The molecule has 4 rings (SSSR count). The summed E-state index contributed by atoms with van der Waals surface area (Å²) in [6.07, 6.45) is 0.245. The minimum Gasteiger partial charge on any atom is -0.345 e. The number of amides is 1. The molecule has 0 unspecified atom stereocenters. The van der Waals surface area contributed by atoms with Gasteiger partial charge in [0.25, 0.3) is 5.69 Å².